The van der Waals surface area contributed by atoms with Crippen LogP contribution in [-0.2, 0) is 6.42 Å². The molecule has 0 unspecified atom stereocenters. The van der Waals surface area contributed by atoms with Crippen LogP contribution in [0.1, 0.15) is 17.5 Å². The standard InChI is InChI=1S/C13H16Si/c1-14(7-4-8-14)13-9-11-5-2-3-6-12(11)10-13/h2-3,5-6,9H,4,7-8,10H2,1H3. The first-order valence-corrected chi connectivity index (χ1v) is 8.48. The molecule has 1 aliphatic heterocycles. The van der Waals surface area contributed by atoms with E-state index in [4.69, 9.17) is 0 Å². The second-order valence-corrected chi connectivity index (χ2v) is 9.72. The van der Waals surface area contributed by atoms with Gasteiger partial charge in [-0.3, -0.25) is 0 Å². The molecule has 0 atom stereocenters. The first-order chi connectivity index (χ1) is 6.78. The van der Waals surface area contributed by atoms with Gasteiger partial charge in [0.25, 0.3) is 0 Å². The van der Waals surface area contributed by atoms with E-state index in [-0.39, 0.29) is 0 Å². The Morgan fingerprint density at radius 3 is 2.57 bits per heavy atom. The molecule has 1 saturated heterocycles. The number of hydrogen-bond acceptors (Lipinski definition) is 0. The first-order valence-electron chi connectivity index (χ1n) is 5.57. The van der Waals surface area contributed by atoms with Crippen molar-refractivity contribution in [1.82, 2.24) is 0 Å². The van der Waals surface area contributed by atoms with Crippen molar-refractivity contribution < 1.29 is 0 Å². The molecule has 1 heterocycles. The molecule has 1 fully saturated rings. The van der Waals surface area contributed by atoms with Gasteiger partial charge < -0.3 is 0 Å². The highest BCUT2D eigenvalue weighted by molar-refractivity contribution is 6.88. The van der Waals surface area contributed by atoms with Crippen LogP contribution in [-0.4, -0.2) is 8.07 Å². The van der Waals surface area contributed by atoms with Gasteiger partial charge in [0.1, 0.15) is 0 Å². The molecule has 1 aromatic rings. The Bertz CT molecular complexity index is 399. The monoisotopic (exact) mass is 200 g/mol. The lowest BCUT2D eigenvalue weighted by atomic mass is 10.1. The van der Waals surface area contributed by atoms with Gasteiger partial charge in [0.2, 0.25) is 0 Å². The van der Waals surface area contributed by atoms with Crippen molar-refractivity contribution in [3.63, 3.8) is 0 Å². The summed E-state index contributed by atoms with van der Waals surface area (Å²) in [5.41, 5.74) is 3.05. The molecule has 0 N–H and O–H groups in total. The van der Waals surface area contributed by atoms with Gasteiger partial charge in [-0.15, -0.1) is 0 Å². The van der Waals surface area contributed by atoms with Gasteiger partial charge in [-0.1, -0.05) is 60.6 Å². The Labute approximate surface area is 86.7 Å². The highest BCUT2D eigenvalue weighted by Crippen LogP contribution is 2.42. The van der Waals surface area contributed by atoms with Gasteiger partial charge in [0.05, 0.1) is 8.07 Å². The van der Waals surface area contributed by atoms with E-state index >= 15 is 0 Å². The topological polar surface area (TPSA) is 0 Å². The van der Waals surface area contributed by atoms with Crippen LogP contribution in [0.3, 0.4) is 0 Å². The third-order valence-electron chi connectivity index (χ3n) is 4.00. The average molecular weight is 200 g/mol. The number of rotatable bonds is 1. The van der Waals surface area contributed by atoms with E-state index in [2.05, 4.69) is 36.9 Å². The lowest BCUT2D eigenvalue weighted by molar-refractivity contribution is 0.901. The summed E-state index contributed by atoms with van der Waals surface area (Å²) in [5.74, 6) is 0. The molecule has 1 aromatic carbocycles. The minimum Gasteiger partial charge on any atom is -0.0756 e. The lowest BCUT2D eigenvalue weighted by Gasteiger charge is -2.37. The van der Waals surface area contributed by atoms with Crippen molar-refractivity contribution in [3.05, 3.63) is 40.6 Å². The summed E-state index contributed by atoms with van der Waals surface area (Å²) in [5, 5.41) is 1.81. The molecular formula is C13H16Si. The minimum atomic E-state index is -0.900. The summed E-state index contributed by atoms with van der Waals surface area (Å²) < 4.78 is 0. The fourth-order valence-corrected chi connectivity index (χ4v) is 5.87. The second-order valence-electron chi connectivity index (χ2n) is 4.96. The van der Waals surface area contributed by atoms with Gasteiger partial charge in [-0.05, 0) is 17.5 Å². The van der Waals surface area contributed by atoms with Crippen LogP contribution in [0.4, 0.5) is 0 Å². The van der Waals surface area contributed by atoms with E-state index in [1.807, 2.05) is 5.20 Å². The number of benzene rings is 1. The molecule has 0 bridgehead atoms. The molecule has 1 aliphatic carbocycles. The smallest absolute Gasteiger partial charge is 0.0756 e. The van der Waals surface area contributed by atoms with Crippen LogP contribution < -0.4 is 0 Å². The van der Waals surface area contributed by atoms with Crippen molar-refractivity contribution in [2.75, 3.05) is 0 Å². The van der Waals surface area contributed by atoms with E-state index in [0.717, 1.165) is 0 Å². The molecule has 0 amide bonds. The first kappa shape index (κ1) is 8.48. The fraction of sp³-hybridized carbons (Fsp3) is 0.385. The van der Waals surface area contributed by atoms with Crippen molar-refractivity contribution in [3.8, 4) is 0 Å². The molecule has 0 radical (unpaired) electrons. The van der Waals surface area contributed by atoms with Gasteiger partial charge >= 0.3 is 0 Å². The number of allylic oxidation sites excluding steroid dienone is 1. The maximum Gasteiger partial charge on any atom is 0.0789 e. The molecule has 14 heavy (non-hydrogen) atoms. The van der Waals surface area contributed by atoms with Crippen molar-refractivity contribution >= 4 is 14.1 Å². The van der Waals surface area contributed by atoms with Crippen LogP contribution in [0.25, 0.3) is 6.08 Å². The van der Waals surface area contributed by atoms with Crippen molar-refractivity contribution in [1.29, 1.82) is 0 Å². The Hall–Kier alpha value is -0.823. The molecule has 0 saturated carbocycles. The molecular weight excluding hydrogens is 184 g/mol. The van der Waals surface area contributed by atoms with E-state index in [0.29, 0.717) is 0 Å². The SMILES string of the molecule is C[Si]1(C2=Cc3ccccc3C2)CCC1. The highest BCUT2D eigenvalue weighted by Gasteiger charge is 2.39. The zero-order valence-electron chi connectivity index (χ0n) is 8.72. The molecule has 0 nitrogen and oxygen atoms in total. The highest BCUT2D eigenvalue weighted by atomic mass is 28.3. The summed E-state index contributed by atoms with van der Waals surface area (Å²) in [4.78, 5) is 0. The number of fused-ring (bicyclic) bond motifs is 1. The molecule has 3 rings (SSSR count). The Morgan fingerprint density at radius 2 is 1.93 bits per heavy atom. The largest absolute Gasteiger partial charge is 0.0789 e. The van der Waals surface area contributed by atoms with E-state index in [1.54, 1.807) is 5.56 Å². The Kier molecular flexibility index (Phi) is 1.72. The maximum atomic E-state index is 2.56. The van der Waals surface area contributed by atoms with Gasteiger partial charge in [-0.25, -0.2) is 0 Å². The Balaban J connectivity index is 1.95. The molecule has 2 aliphatic rings. The third-order valence-corrected chi connectivity index (χ3v) is 8.78. The molecule has 0 spiro atoms. The average Bonchev–Trinajstić information content (AvgIpc) is 2.57. The minimum absolute atomic E-state index is 0.900. The lowest BCUT2D eigenvalue weighted by Crippen LogP contribution is -2.40. The van der Waals surface area contributed by atoms with Crippen LogP contribution in [0.2, 0.25) is 18.6 Å². The van der Waals surface area contributed by atoms with Crippen molar-refractivity contribution in [2.24, 2.45) is 0 Å². The summed E-state index contributed by atoms with van der Waals surface area (Å²) in [6, 6.07) is 11.9. The molecule has 1 heteroatoms. The zero-order valence-corrected chi connectivity index (χ0v) is 9.72. The summed E-state index contributed by atoms with van der Waals surface area (Å²) in [6.45, 7) is 2.56. The quantitative estimate of drug-likeness (QED) is 0.607. The summed E-state index contributed by atoms with van der Waals surface area (Å²) >= 11 is 0. The maximum absolute atomic E-state index is 2.56. The van der Waals surface area contributed by atoms with Gasteiger partial charge in [-0.2, -0.15) is 0 Å². The molecule has 0 aromatic heterocycles. The van der Waals surface area contributed by atoms with Crippen LogP contribution in [0.15, 0.2) is 29.5 Å². The summed E-state index contributed by atoms with van der Waals surface area (Å²) in [7, 11) is -0.900. The fourth-order valence-electron chi connectivity index (χ4n) is 2.70. The van der Waals surface area contributed by atoms with Crippen LogP contribution in [0.5, 0.6) is 0 Å². The van der Waals surface area contributed by atoms with Gasteiger partial charge in [0.15, 0.2) is 0 Å². The molecule has 72 valence electrons. The second kappa shape index (κ2) is 2.83. The van der Waals surface area contributed by atoms with Crippen molar-refractivity contribution in [2.45, 2.75) is 31.5 Å². The van der Waals surface area contributed by atoms with E-state index in [9.17, 15) is 0 Å². The predicted octanol–water partition coefficient (Wildman–Crippen LogP) is 3.65. The Morgan fingerprint density at radius 1 is 1.14 bits per heavy atom. The third kappa shape index (κ3) is 1.12. The van der Waals surface area contributed by atoms with Gasteiger partial charge in [0, 0.05) is 0 Å². The summed E-state index contributed by atoms with van der Waals surface area (Å²) in [6.07, 6.45) is 5.23. The predicted molar refractivity (Wildman–Crippen MR) is 64.0 cm³/mol. The van der Waals surface area contributed by atoms with E-state index in [1.165, 1.54) is 30.5 Å². The number of hydrogen-bond donors (Lipinski definition) is 0. The van der Waals surface area contributed by atoms with Crippen LogP contribution in [0, 0.1) is 0 Å². The van der Waals surface area contributed by atoms with Crippen LogP contribution >= 0.6 is 0 Å². The normalized spacial score (nSPS) is 22.5. The van der Waals surface area contributed by atoms with E-state index < -0.39 is 8.07 Å². The zero-order chi connectivity index (χ0) is 9.60.